The summed E-state index contributed by atoms with van der Waals surface area (Å²) in [7, 11) is 0. The average molecular weight is 345 g/mol. The molecule has 0 atom stereocenters. The van der Waals surface area contributed by atoms with Gasteiger partial charge in [0.2, 0.25) is 0 Å². The summed E-state index contributed by atoms with van der Waals surface area (Å²) in [5, 5.41) is 1.17. The van der Waals surface area contributed by atoms with Crippen LogP contribution >= 0.6 is 11.9 Å². The molecule has 4 aromatic rings. The zero-order valence-corrected chi connectivity index (χ0v) is 14.8. The van der Waals surface area contributed by atoms with Crippen LogP contribution in [-0.4, -0.2) is 9.97 Å². The molecule has 124 valence electrons. The third-order valence-electron chi connectivity index (χ3n) is 4.20. The van der Waals surface area contributed by atoms with Gasteiger partial charge in [-0.15, -0.1) is 0 Å². The minimum atomic E-state index is 0.776. The molecular formula is C21H19N3S. The van der Waals surface area contributed by atoms with Crippen molar-refractivity contribution in [3.8, 4) is 11.1 Å². The van der Waals surface area contributed by atoms with Crippen LogP contribution in [0.4, 0.5) is 0 Å². The molecule has 0 unspecified atom stereocenters. The Bertz CT molecular complexity index is 975. The predicted octanol–water partition coefficient (Wildman–Crippen LogP) is 5.34. The molecule has 0 saturated heterocycles. The highest BCUT2D eigenvalue weighted by molar-refractivity contribution is 7.97. The first-order valence-corrected chi connectivity index (χ1v) is 9.09. The van der Waals surface area contributed by atoms with Gasteiger partial charge in [-0.2, -0.15) is 0 Å². The van der Waals surface area contributed by atoms with Crippen molar-refractivity contribution in [1.82, 2.24) is 14.7 Å². The average Bonchev–Trinajstić information content (AvgIpc) is 3.06. The van der Waals surface area contributed by atoms with Crippen molar-refractivity contribution < 1.29 is 0 Å². The Hall–Kier alpha value is -2.56. The number of aromatic nitrogens is 2. The molecule has 0 radical (unpaired) electrons. The molecule has 0 aliphatic heterocycles. The molecule has 0 fully saturated rings. The summed E-state index contributed by atoms with van der Waals surface area (Å²) in [6.45, 7) is 2.88. The highest BCUT2D eigenvalue weighted by Gasteiger charge is 2.07. The smallest absolute Gasteiger partial charge is 0.137 e. The van der Waals surface area contributed by atoms with Crippen LogP contribution in [-0.2, 0) is 6.54 Å². The molecule has 4 rings (SSSR count). The molecule has 4 heteroatoms. The summed E-state index contributed by atoms with van der Waals surface area (Å²) in [4.78, 5) is 9.04. The Labute approximate surface area is 151 Å². The zero-order valence-electron chi connectivity index (χ0n) is 14.0. The number of rotatable bonds is 5. The van der Waals surface area contributed by atoms with E-state index in [1.54, 1.807) is 11.9 Å². The molecule has 2 heterocycles. The monoisotopic (exact) mass is 345 g/mol. The van der Waals surface area contributed by atoms with Crippen molar-refractivity contribution in [2.24, 2.45) is 0 Å². The van der Waals surface area contributed by atoms with E-state index in [2.05, 4.69) is 76.2 Å². The van der Waals surface area contributed by atoms with Crippen LogP contribution in [0, 0.1) is 6.92 Å². The number of aryl methyl sites for hydroxylation is 1. The van der Waals surface area contributed by atoms with Gasteiger partial charge in [0.05, 0.1) is 0 Å². The fraction of sp³-hybridized carbons (Fsp3) is 0.0952. The van der Waals surface area contributed by atoms with Gasteiger partial charge >= 0.3 is 0 Å². The first-order chi connectivity index (χ1) is 12.3. The zero-order chi connectivity index (χ0) is 17.1. The fourth-order valence-electron chi connectivity index (χ4n) is 2.80. The Balaban J connectivity index is 1.52. The van der Waals surface area contributed by atoms with Crippen molar-refractivity contribution in [3.63, 3.8) is 0 Å². The lowest BCUT2D eigenvalue weighted by Gasteiger charge is -2.05. The van der Waals surface area contributed by atoms with Gasteiger partial charge in [-0.25, -0.2) is 4.98 Å². The summed E-state index contributed by atoms with van der Waals surface area (Å²) in [5.41, 5.74) is 5.75. The van der Waals surface area contributed by atoms with Crippen molar-refractivity contribution in [3.05, 3.63) is 84.2 Å². The van der Waals surface area contributed by atoms with E-state index in [0.717, 1.165) is 17.8 Å². The number of aromatic amines is 1. The number of nitrogens with one attached hydrogen (secondary N) is 2. The highest BCUT2D eigenvalue weighted by atomic mass is 32.2. The number of hydrogen-bond acceptors (Lipinski definition) is 3. The molecule has 25 heavy (non-hydrogen) atoms. The lowest BCUT2D eigenvalue weighted by molar-refractivity contribution is 0.984. The third kappa shape index (κ3) is 3.60. The molecule has 3 nitrogen and oxygen atoms in total. The van der Waals surface area contributed by atoms with Crippen LogP contribution in [0.3, 0.4) is 0 Å². The van der Waals surface area contributed by atoms with E-state index in [9.17, 15) is 0 Å². The van der Waals surface area contributed by atoms with Crippen molar-refractivity contribution in [2.75, 3.05) is 0 Å². The molecule has 0 aliphatic rings. The molecule has 0 saturated carbocycles. The summed E-state index contributed by atoms with van der Waals surface area (Å²) in [5.74, 6) is 0. The largest absolute Gasteiger partial charge is 0.346 e. The number of nitrogens with zero attached hydrogens (tertiary/aromatic N) is 1. The number of fused-ring (bicyclic) bond motifs is 1. The molecule has 2 aromatic heterocycles. The van der Waals surface area contributed by atoms with Crippen molar-refractivity contribution in [1.29, 1.82) is 0 Å². The Kier molecular flexibility index (Phi) is 4.55. The Morgan fingerprint density at radius 3 is 2.60 bits per heavy atom. The predicted molar refractivity (Wildman–Crippen MR) is 105 cm³/mol. The van der Waals surface area contributed by atoms with Gasteiger partial charge in [0.15, 0.2) is 0 Å². The normalized spacial score (nSPS) is 11.1. The first-order valence-electron chi connectivity index (χ1n) is 8.27. The second-order valence-corrected chi connectivity index (χ2v) is 7.00. The van der Waals surface area contributed by atoms with Gasteiger partial charge in [0.1, 0.15) is 5.65 Å². The minimum absolute atomic E-state index is 0.776. The number of hydrogen-bond donors (Lipinski definition) is 2. The summed E-state index contributed by atoms with van der Waals surface area (Å²) in [6, 6.07) is 21.1. The van der Waals surface area contributed by atoms with Gasteiger partial charge in [-0.3, -0.25) is 4.72 Å². The van der Waals surface area contributed by atoms with Crippen LogP contribution in [0.25, 0.3) is 22.2 Å². The van der Waals surface area contributed by atoms with E-state index < -0.39 is 0 Å². The standard InChI is InChI=1S/C21H19N3S/c1-15-7-9-19(10-8-15)25-24-14-18-13-23-21-20(18)11-17(12-22-21)16-5-3-2-4-6-16/h2-13,24H,14H2,1H3,(H,22,23). The van der Waals surface area contributed by atoms with Gasteiger partial charge in [-0.05, 0) is 48.2 Å². The second kappa shape index (κ2) is 7.13. The van der Waals surface area contributed by atoms with Gasteiger partial charge in [0.25, 0.3) is 0 Å². The maximum Gasteiger partial charge on any atom is 0.137 e. The minimum Gasteiger partial charge on any atom is -0.346 e. The molecule has 0 spiro atoms. The van der Waals surface area contributed by atoms with Gasteiger partial charge in [-0.1, -0.05) is 48.0 Å². The molecular weight excluding hydrogens is 326 g/mol. The lowest BCUT2D eigenvalue weighted by Crippen LogP contribution is -2.02. The van der Waals surface area contributed by atoms with Crippen LogP contribution in [0.15, 0.2) is 78.0 Å². The molecule has 0 aliphatic carbocycles. The Morgan fingerprint density at radius 2 is 1.80 bits per heavy atom. The molecule has 2 N–H and O–H groups in total. The van der Waals surface area contributed by atoms with E-state index >= 15 is 0 Å². The van der Waals surface area contributed by atoms with Crippen LogP contribution < -0.4 is 4.72 Å². The number of H-pyrrole nitrogens is 1. The van der Waals surface area contributed by atoms with Crippen LogP contribution in [0.2, 0.25) is 0 Å². The van der Waals surface area contributed by atoms with Crippen LogP contribution in [0.5, 0.6) is 0 Å². The fourth-order valence-corrected chi connectivity index (χ4v) is 3.46. The van der Waals surface area contributed by atoms with Gasteiger partial charge < -0.3 is 4.98 Å². The van der Waals surface area contributed by atoms with Crippen molar-refractivity contribution in [2.45, 2.75) is 18.4 Å². The topological polar surface area (TPSA) is 40.7 Å². The molecule has 0 bridgehead atoms. The maximum absolute atomic E-state index is 4.56. The second-order valence-electron chi connectivity index (χ2n) is 6.04. The first kappa shape index (κ1) is 15.9. The molecule has 0 amide bonds. The summed E-state index contributed by atoms with van der Waals surface area (Å²) < 4.78 is 3.44. The van der Waals surface area contributed by atoms with Crippen molar-refractivity contribution >= 4 is 23.0 Å². The van der Waals surface area contributed by atoms with E-state index in [4.69, 9.17) is 0 Å². The van der Waals surface area contributed by atoms with E-state index in [0.29, 0.717) is 0 Å². The lowest BCUT2D eigenvalue weighted by atomic mass is 10.1. The van der Waals surface area contributed by atoms with Gasteiger partial charge in [0, 0.05) is 34.8 Å². The van der Waals surface area contributed by atoms with Crippen LogP contribution in [0.1, 0.15) is 11.1 Å². The van der Waals surface area contributed by atoms with E-state index in [1.807, 2.05) is 18.5 Å². The summed E-state index contributed by atoms with van der Waals surface area (Å²) in [6.07, 6.45) is 3.96. The van der Waals surface area contributed by atoms with E-state index in [1.165, 1.54) is 27.0 Å². The number of benzene rings is 2. The third-order valence-corrected chi connectivity index (χ3v) is 4.99. The number of pyridine rings is 1. The molecule has 2 aromatic carbocycles. The SMILES string of the molecule is Cc1ccc(SNCc2c[nH]c3ncc(-c4ccccc4)cc23)cc1. The quantitative estimate of drug-likeness (QED) is 0.480. The van der Waals surface area contributed by atoms with E-state index in [-0.39, 0.29) is 0 Å². The summed E-state index contributed by atoms with van der Waals surface area (Å²) >= 11 is 1.65. The highest BCUT2D eigenvalue weighted by Crippen LogP contribution is 2.25. The maximum atomic E-state index is 4.56. The Morgan fingerprint density at radius 1 is 1.00 bits per heavy atom.